The fourth-order valence-electron chi connectivity index (χ4n) is 1.68. The molecule has 2 rings (SSSR count). The zero-order chi connectivity index (χ0) is 11.0. The van der Waals surface area contributed by atoms with Gasteiger partial charge in [0.25, 0.3) is 0 Å². The maximum atomic E-state index is 10.5. The van der Waals surface area contributed by atoms with Crippen LogP contribution in [-0.4, -0.2) is 16.2 Å². The molecule has 0 saturated heterocycles. The predicted octanol–water partition coefficient (Wildman–Crippen LogP) is 2.09. The summed E-state index contributed by atoms with van der Waals surface area (Å²) >= 11 is 5.72. The van der Waals surface area contributed by atoms with E-state index in [0.29, 0.717) is 11.1 Å². The molecule has 15 heavy (non-hydrogen) atoms. The number of aromatic hydroxyl groups is 1. The third kappa shape index (κ3) is 1.78. The molecule has 0 bridgehead atoms. The SMILES string of the molecule is O=C(O)C[C@@H]1OCc2c1ccc(Cl)c2O. The van der Waals surface area contributed by atoms with Gasteiger partial charge in [-0.2, -0.15) is 0 Å². The Morgan fingerprint density at radius 2 is 2.33 bits per heavy atom. The van der Waals surface area contributed by atoms with E-state index in [9.17, 15) is 9.90 Å². The van der Waals surface area contributed by atoms with E-state index in [1.54, 1.807) is 12.1 Å². The quantitative estimate of drug-likeness (QED) is 0.814. The molecule has 1 aliphatic heterocycles. The molecular weight excluding hydrogens is 220 g/mol. The molecule has 0 aromatic heterocycles. The third-order valence-electron chi connectivity index (χ3n) is 2.41. The Labute approximate surface area is 91.1 Å². The van der Waals surface area contributed by atoms with E-state index in [4.69, 9.17) is 21.4 Å². The zero-order valence-corrected chi connectivity index (χ0v) is 8.49. The summed E-state index contributed by atoms with van der Waals surface area (Å²) < 4.78 is 5.27. The molecule has 0 spiro atoms. The van der Waals surface area contributed by atoms with Crippen LogP contribution in [0.1, 0.15) is 23.7 Å². The summed E-state index contributed by atoms with van der Waals surface area (Å²) in [6.45, 7) is 0.208. The lowest BCUT2D eigenvalue weighted by molar-refractivity contribution is -0.140. The monoisotopic (exact) mass is 228 g/mol. The molecule has 0 radical (unpaired) electrons. The smallest absolute Gasteiger partial charge is 0.306 e. The topological polar surface area (TPSA) is 66.8 Å². The van der Waals surface area contributed by atoms with Crippen molar-refractivity contribution in [3.05, 3.63) is 28.3 Å². The number of halogens is 1. The van der Waals surface area contributed by atoms with E-state index in [1.165, 1.54) is 0 Å². The third-order valence-corrected chi connectivity index (χ3v) is 2.71. The molecule has 1 aliphatic rings. The van der Waals surface area contributed by atoms with Crippen LogP contribution in [0.5, 0.6) is 5.75 Å². The molecule has 80 valence electrons. The van der Waals surface area contributed by atoms with Crippen molar-refractivity contribution in [1.29, 1.82) is 0 Å². The highest BCUT2D eigenvalue weighted by Crippen LogP contribution is 2.40. The van der Waals surface area contributed by atoms with Gasteiger partial charge < -0.3 is 14.9 Å². The number of fused-ring (bicyclic) bond motifs is 1. The second kappa shape index (κ2) is 3.72. The summed E-state index contributed by atoms with van der Waals surface area (Å²) in [7, 11) is 0. The van der Waals surface area contributed by atoms with Gasteiger partial charge in [0, 0.05) is 5.56 Å². The number of carboxylic acid groups (broad SMARTS) is 1. The summed E-state index contributed by atoms with van der Waals surface area (Å²) in [5.74, 6) is -0.940. The number of phenolic OH excluding ortho intramolecular Hbond substituents is 1. The largest absolute Gasteiger partial charge is 0.506 e. The van der Waals surface area contributed by atoms with Crippen molar-refractivity contribution in [3.8, 4) is 5.75 Å². The van der Waals surface area contributed by atoms with Crippen LogP contribution in [-0.2, 0) is 16.1 Å². The number of ether oxygens (including phenoxy) is 1. The van der Waals surface area contributed by atoms with Crippen LogP contribution in [0.3, 0.4) is 0 Å². The normalized spacial score (nSPS) is 18.9. The number of phenols is 1. The molecular formula is C10H9ClO4. The van der Waals surface area contributed by atoms with Crippen LogP contribution in [0.25, 0.3) is 0 Å². The highest BCUT2D eigenvalue weighted by molar-refractivity contribution is 6.32. The van der Waals surface area contributed by atoms with Crippen LogP contribution < -0.4 is 0 Å². The van der Waals surface area contributed by atoms with Crippen LogP contribution in [0.2, 0.25) is 5.02 Å². The summed E-state index contributed by atoms with van der Waals surface area (Å²) in [6.07, 6.45) is -0.589. The number of rotatable bonds is 2. The highest BCUT2D eigenvalue weighted by Gasteiger charge is 2.28. The minimum Gasteiger partial charge on any atom is -0.506 e. The van der Waals surface area contributed by atoms with Gasteiger partial charge in [0.1, 0.15) is 5.75 Å². The number of aliphatic carboxylic acids is 1. The second-order valence-electron chi connectivity index (χ2n) is 3.36. The highest BCUT2D eigenvalue weighted by atomic mass is 35.5. The van der Waals surface area contributed by atoms with Crippen molar-refractivity contribution in [3.63, 3.8) is 0 Å². The molecule has 0 fully saturated rings. The number of hydrogen-bond donors (Lipinski definition) is 2. The van der Waals surface area contributed by atoms with E-state index >= 15 is 0 Å². The molecule has 0 saturated carbocycles. The van der Waals surface area contributed by atoms with Crippen LogP contribution >= 0.6 is 11.6 Å². The van der Waals surface area contributed by atoms with Crippen molar-refractivity contribution in [1.82, 2.24) is 0 Å². The fraction of sp³-hybridized carbons (Fsp3) is 0.300. The predicted molar refractivity (Wildman–Crippen MR) is 52.9 cm³/mol. The Morgan fingerprint density at radius 1 is 1.60 bits per heavy atom. The van der Waals surface area contributed by atoms with E-state index in [-0.39, 0.29) is 23.8 Å². The zero-order valence-electron chi connectivity index (χ0n) is 7.74. The minimum absolute atomic E-state index is 0.0120. The maximum Gasteiger partial charge on any atom is 0.306 e. The van der Waals surface area contributed by atoms with Crippen molar-refractivity contribution in [2.75, 3.05) is 0 Å². The molecule has 1 aromatic carbocycles. The van der Waals surface area contributed by atoms with Crippen LogP contribution in [0.4, 0.5) is 0 Å². The molecule has 0 unspecified atom stereocenters. The van der Waals surface area contributed by atoms with Gasteiger partial charge in [-0.05, 0) is 11.6 Å². The van der Waals surface area contributed by atoms with Gasteiger partial charge in [0.05, 0.1) is 24.2 Å². The van der Waals surface area contributed by atoms with E-state index in [0.717, 1.165) is 0 Å². The summed E-state index contributed by atoms with van der Waals surface area (Å²) in [4.78, 5) is 10.5. The standard InChI is InChI=1S/C10H9ClO4/c11-7-2-1-5-6(10(7)14)4-15-8(5)3-9(12)13/h1-2,8,14H,3-4H2,(H,12,13)/t8-/m0/s1. The number of benzene rings is 1. The summed E-state index contributed by atoms with van der Waals surface area (Å²) in [5, 5.41) is 18.5. The van der Waals surface area contributed by atoms with Gasteiger partial charge in [-0.1, -0.05) is 17.7 Å². The van der Waals surface area contributed by atoms with Crippen molar-refractivity contribution in [2.24, 2.45) is 0 Å². The van der Waals surface area contributed by atoms with Gasteiger partial charge in [-0.15, -0.1) is 0 Å². The first-order valence-corrected chi connectivity index (χ1v) is 4.81. The Bertz CT molecular complexity index is 416. The Kier molecular flexibility index (Phi) is 2.54. The fourth-order valence-corrected chi connectivity index (χ4v) is 1.85. The molecule has 1 atom stereocenters. The van der Waals surface area contributed by atoms with Crippen molar-refractivity contribution >= 4 is 17.6 Å². The van der Waals surface area contributed by atoms with Gasteiger partial charge in [-0.3, -0.25) is 4.79 Å². The van der Waals surface area contributed by atoms with Crippen molar-refractivity contribution < 1.29 is 19.7 Å². The average Bonchev–Trinajstić information content (AvgIpc) is 2.55. The van der Waals surface area contributed by atoms with Gasteiger partial charge in [0.15, 0.2) is 0 Å². The van der Waals surface area contributed by atoms with E-state index in [1.807, 2.05) is 0 Å². The van der Waals surface area contributed by atoms with Gasteiger partial charge in [-0.25, -0.2) is 0 Å². The van der Waals surface area contributed by atoms with Crippen LogP contribution in [0, 0.1) is 0 Å². The van der Waals surface area contributed by atoms with Crippen molar-refractivity contribution in [2.45, 2.75) is 19.1 Å². The molecule has 2 N–H and O–H groups in total. The Morgan fingerprint density at radius 3 is 3.00 bits per heavy atom. The average molecular weight is 229 g/mol. The van der Waals surface area contributed by atoms with Crippen LogP contribution in [0.15, 0.2) is 12.1 Å². The van der Waals surface area contributed by atoms with E-state index in [2.05, 4.69) is 0 Å². The first-order chi connectivity index (χ1) is 7.09. The maximum absolute atomic E-state index is 10.5. The lowest BCUT2D eigenvalue weighted by atomic mass is 10.0. The first-order valence-electron chi connectivity index (χ1n) is 4.43. The number of carbonyl (C=O) groups is 1. The molecule has 1 heterocycles. The lowest BCUT2D eigenvalue weighted by Gasteiger charge is -2.08. The molecule has 5 heteroatoms. The lowest BCUT2D eigenvalue weighted by Crippen LogP contribution is -2.04. The molecule has 0 amide bonds. The first kappa shape index (κ1) is 10.3. The van der Waals surface area contributed by atoms with Gasteiger partial charge >= 0.3 is 5.97 Å². The molecule has 1 aromatic rings. The van der Waals surface area contributed by atoms with Gasteiger partial charge in [0.2, 0.25) is 0 Å². The summed E-state index contributed by atoms with van der Waals surface area (Å²) in [6, 6.07) is 3.23. The number of carboxylic acids is 1. The molecule has 4 nitrogen and oxygen atoms in total. The van der Waals surface area contributed by atoms with E-state index < -0.39 is 12.1 Å². The second-order valence-corrected chi connectivity index (χ2v) is 3.77. The molecule has 0 aliphatic carbocycles. The Hall–Kier alpha value is -1.26. The minimum atomic E-state index is -0.928. The number of hydrogen-bond acceptors (Lipinski definition) is 3. The summed E-state index contributed by atoms with van der Waals surface area (Å²) in [5.41, 5.74) is 1.30. The Balaban J connectivity index is 2.36.